The zero-order valence-electron chi connectivity index (χ0n) is 45.0. The summed E-state index contributed by atoms with van der Waals surface area (Å²) in [5, 5.41) is 64.9. The van der Waals surface area contributed by atoms with E-state index in [1.165, 1.54) is 55.8 Å². The number of ether oxygens (including phenoxy) is 4. The highest BCUT2D eigenvalue weighted by atomic mass is 16.6. The molecule has 0 aromatic carbocycles. The van der Waals surface area contributed by atoms with E-state index in [-0.39, 0.29) is 46.9 Å². The fraction of sp³-hybridized carbons (Fsp3) is 0.864. The van der Waals surface area contributed by atoms with E-state index < -0.39 is 98.5 Å². The highest BCUT2D eigenvalue weighted by Gasteiger charge is 2.34. The first-order valence-corrected chi connectivity index (χ1v) is 23.0. The van der Waals surface area contributed by atoms with Crippen molar-refractivity contribution in [1.82, 2.24) is 10.6 Å². The summed E-state index contributed by atoms with van der Waals surface area (Å²) in [5.74, 6) is -3.35. The van der Waals surface area contributed by atoms with Gasteiger partial charge >= 0.3 is 36.1 Å². The number of carbonyl (C=O) groups excluding carboxylic acids is 4. The van der Waals surface area contributed by atoms with Gasteiger partial charge in [-0.05, 0) is 92.9 Å². The Morgan fingerprint density at radius 1 is 0.458 bits per heavy atom. The molecule has 0 saturated heterocycles. The molecule has 0 rings (SSSR count). The molecule has 0 spiro atoms. The lowest BCUT2D eigenvalue weighted by atomic mass is 9.96. The fourth-order valence-corrected chi connectivity index (χ4v) is 5.29. The van der Waals surface area contributed by atoms with E-state index in [1.807, 2.05) is 0 Å². The van der Waals surface area contributed by atoms with Gasteiger partial charge in [-0.15, -0.1) is 0 Å². The average molecular weight is 1050 g/mol. The van der Waals surface area contributed by atoms with E-state index in [2.05, 4.69) is 20.1 Å². The molecule has 0 bridgehead atoms. The molecule has 0 saturated carbocycles. The lowest BCUT2D eigenvalue weighted by Crippen LogP contribution is -2.44. The summed E-state index contributed by atoms with van der Waals surface area (Å²) in [4.78, 5) is 108. The number of nitro groups is 4. The van der Waals surface area contributed by atoms with Crippen LogP contribution in [0.3, 0.4) is 0 Å². The maximum Gasteiger partial charge on any atom is 0.408 e. The minimum Gasteiger partial charge on any atom is -0.480 e. The number of alkyl carbamates (subject to hydrolysis) is 2. The van der Waals surface area contributed by atoms with Crippen molar-refractivity contribution in [3.8, 4) is 0 Å². The fourth-order valence-electron chi connectivity index (χ4n) is 5.29. The minimum absolute atomic E-state index is 0.103. The van der Waals surface area contributed by atoms with E-state index >= 15 is 0 Å². The zero-order chi connectivity index (χ0) is 57.8. The summed E-state index contributed by atoms with van der Waals surface area (Å²) in [7, 11) is 2.48. The van der Waals surface area contributed by atoms with Crippen LogP contribution >= 0.6 is 0 Å². The van der Waals surface area contributed by atoms with E-state index in [1.54, 1.807) is 55.4 Å². The largest absolute Gasteiger partial charge is 0.480 e. The molecule has 4 atom stereocenters. The van der Waals surface area contributed by atoms with Crippen LogP contribution in [0.25, 0.3) is 0 Å². The van der Waals surface area contributed by atoms with Crippen LogP contribution in [0.5, 0.6) is 0 Å². The maximum absolute atomic E-state index is 11.7. The minimum atomic E-state index is -1.19. The molecule has 0 aromatic rings. The third-order valence-corrected chi connectivity index (χ3v) is 10.1. The number of carboxylic acid groups (broad SMARTS) is 2. The van der Waals surface area contributed by atoms with Crippen molar-refractivity contribution in [2.45, 2.75) is 232 Å². The molecule has 0 unspecified atom stereocenters. The van der Waals surface area contributed by atoms with Crippen LogP contribution in [0, 0.1) is 40.5 Å². The SMILES string of the molecule is CC(C)(C)OC(=O)N[C@@H](CCCC(C)(C)[N+](=O)[O-])C(=O)O.CC(C)(CCC[C@H](N)C(=O)O)[N+](=O)[O-].COC(=O)[C@@H](N)CCCC(C)(C)[N+](=O)[O-].COC(=O)[C@H](CCCC(C)(C)[N+](=O)[O-])NC(=O)OC(C)(C)C. The molecule has 0 aliphatic rings. The first kappa shape index (κ1) is 72.5. The van der Waals surface area contributed by atoms with E-state index in [9.17, 15) is 69.2 Å². The highest BCUT2D eigenvalue weighted by molar-refractivity contribution is 5.81. The van der Waals surface area contributed by atoms with Crippen molar-refractivity contribution in [2.75, 3.05) is 14.2 Å². The van der Waals surface area contributed by atoms with Crippen LogP contribution in [0.2, 0.25) is 0 Å². The van der Waals surface area contributed by atoms with Crippen LogP contribution in [-0.2, 0) is 38.1 Å². The van der Waals surface area contributed by atoms with Crippen molar-refractivity contribution in [1.29, 1.82) is 0 Å². The van der Waals surface area contributed by atoms with Crippen LogP contribution in [0.1, 0.15) is 174 Å². The topological polar surface area (TPSA) is 428 Å². The van der Waals surface area contributed by atoms with E-state index in [0.717, 1.165) is 0 Å². The number of hydrogen-bond donors (Lipinski definition) is 6. The van der Waals surface area contributed by atoms with Crippen molar-refractivity contribution in [3.63, 3.8) is 0 Å². The third-order valence-electron chi connectivity index (χ3n) is 10.1. The molecule has 0 fully saturated rings. The van der Waals surface area contributed by atoms with E-state index in [0.29, 0.717) is 44.9 Å². The number of rotatable bonds is 26. The number of nitrogens with zero attached hydrogens (tertiary/aromatic N) is 4. The van der Waals surface area contributed by atoms with Gasteiger partial charge in [-0.1, -0.05) is 0 Å². The van der Waals surface area contributed by atoms with Crippen LogP contribution in [-0.4, -0.2) is 138 Å². The summed E-state index contributed by atoms with van der Waals surface area (Å²) >= 11 is 0. The van der Waals surface area contributed by atoms with Crippen molar-refractivity contribution >= 4 is 36.1 Å². The predicted octanol–water partition coefficient (Wildman–Crippen LogP) is 5.80. The van der Waals surface area contributed by atoms with Gasteiger partial charge in [0, 0.05) is 101 Å². The third kappa shape index (κ3) is 35.9. The molecule has 0 aliphatic heterocycles. The summed E-state index contributed by atoms with van der Waals surface area (Å²) in [6, 6.07) is -3.61. The van der Waals surface area contributed by atoms with Crippen LogP contribution in [0.15, 0.2) is 0 Å². The monoisotopic (exact) mass is 1040 g/mol. The molecule has 28 heteroatoms. The molecule has 72 heavy (non-hydrogen) atoms. The summed E-state index contributed by atoms with van der Waals surface area (Å²) in [6.07, 6.45) is 2.39. The van der Waals surface area contributed by atoms with Gasteiger partial charge in [-0.2, -0.15) is 0 Å². The molecular weight excluding hydrogens is 961 g/mol. The van der Waals surface area contributed by atoms with Crippen molar-refractivity contribution in [2.24, 2.45) is 11.5 Å². The Kier molecular flexibility index (Phi) is 33.0. The standard InChI is InChI=1S/C14H26N2O6.C13H24N2O6.C9H18N2O4.C8H16N2O4/c1-13(2,3)22-12(18)15-10(11(17)21-6)8-7-9-14(4,5)16(19)20;1-12(2,3)21-11(18)14-9(10(16)17)7-6-8-13(4,5)15(19)20;1-9(2,11(13)14)6-4-5-7(10)8(12)15-3;1-8(2,10(13)14)5-3-4-6(9)7(11)12/h10H,7-9H2,1-6H3,(H,15,18);9H,6-8H2,1-5H3,(H,14,18)(H,16,17);7H,4-6,10H2,1-3H3;6H,3-5,9H2,1-2H3,(H,11,12)/t10-;9-;7-;6-/m0000/s1. The van der Waals surface area contributed by atoms with Crippen LogP contribution in [0.4, 0.5) is 9.59 Å². The highest BCUT2D eigenvalue weighted by Crippen LogP contribution is 2.21. The average Bonchev–Trinajstić information content (AvgIpc) is 3.21. The smallest absolute Gasteiger partial charge is 0.408 e. The Labute approximate surface area is 421 Å². The van der Waals surface area contributed by atoms with Gasteiger partial charge in [-0.25, -0.2) is 19.2 Å². The lowest BCUT2D eigenvalue weighted by molar-refractivity contribution is -0.561. The summed E-state index contributed by atoms with van der Waals surface area (Å²) in [5.41, 5.74) is 5.18. The van der Waals surface area contributed by atoms with Gasteiger partial charge in [0.15, 0.2) is 0 Å². The molecule has 0 aliphatic carbocycles. The second kappa shape index (κ2) is 32.8. The molecule has 8 N–H and O–H groups in total. The van der Waals surface area contributed by atoms with Crippen molar-refractivity contribution in [3.05, 3.63) is 40.5 Å². The maximum atomic E-state index is 11.7. The Hall–Kier alpha value is -6.06. The first-order valence-electron chi connectivity index (χ1n) is 23.0. The number of carboxylic acids is 2. The molecular formula is C44H84N8O20. The van der Waals surface area contributed by atoms with Gasteiger partial charge in [0.05, 0.1) is 14.2 Å². The number of methoxy groups -OCH3 is 2. The molecule has 0 aromatic heterocycles. The van der Waals surface area contributed by atoms with E-state index in [4.69, 9.17) is 31.2 Å². The zero-order valence-corrected chi connectivity index (χ0v) is 45.0. The van der Waals surface area contributed by atoms with Crippen LogP contribution < -0.4 is 22.1 Å². The van der Waals surface area contributed by atoms with Gasteiger partial charge in [0.2, 0.25) is 22.2 Å². The number of esters is 2. The van der Waals surface area contributed by atoms with Gasteiger partial charge in [0.25, 0.3) is 0 Å². The second-order valence-electron chi connectivity index (χ2n) is 21.2. The second-order valence-corrected chi connectivity index (χ2v) is 21.2. The first-order chi connectivity index (χ1) is 32.3. The number of carbonyl (C=O) groups is 6. The predicted molar refractivity (Wildman–Crippen MR) is 261 cm³/mol. The molecule has 28 nitrogen and oxygen atoms in total. The summed E-state index contributed by atoms with van der Waals surface area (Å²) in [6.45, 7) is 22.2. The number of nitrogens with one attached hydrogen (secondary N) is 2. The van der Waals surface area contributed by atoms with Gasteiger partial charge < -0.3 is 51.3 Å². The Morgan fingerprint density at radius 2 is 0.722 bits per heavy atom. The number of aliphatic carboxylic acids is 2. The molecule has 2 amide bonds. The van der Waals surface area contributed by atoms with Gasteiger partial charge in [-0.3, -0.25) is 50.0 Å². The molecule has 420 valence electrons. The lowest BCUT2D eigenvalue weighted by Gasteiger charge is -2.23. The van der Waals surface area contributed by atoms with Crippen molar-refractivity contribution < 1.29 is 77.6 Å². The molecule has 0 heterocycles. The molecule has 0 radical (unpaired) electrons. The Bertz CT molecular complexity index is 1780. The number of amides is 2. The van der Waals surface area contributed by atoms with Gasteiger partial charge in [0.1, 0.15) is 35.4 Å². The summed E-state index contributed by atoms with van der Waals surface area (Å²) < 4.78 is 19.1. The normalized spacial score (nSPS) is 13.4. The number of nitrogens with two attached hydrogens (primary N) is 2. The quantitative estimate of drug-likeness (QED) is 0.0258. The number of hydrogen-bond acceptors (Lipinski definition) is 20. The Morgan fingerprint density at radius 3 is 0.972 bits per heavy atom. The Balaban J connectivity index is -0.000000436.